The third kappa shape index (κ3) is 63.4. The van der Waals surface area contributed by atoms with E-state index >= 15 is 0 Å². The minimum absolute atomic E-state index is 0. The fourth-order valence-corrected chi connectivity index (χ4v) is 0. The summed E-state index contributed by atoms with van der Waals surface area (Å²) >= 11 is 0. The number of aliphatic carboxylic acids is 10. The molecule has 0 saturated heterocycles. The van der Waals surface area contributed by atoms with Gasteiger partial charge in [0.2, 0.25) is 0 Å². The monoisotopic (exact) mass is 812 g/mol. The Hall–Kier alpha value is -3.82. The molecule has 0 atom stereocenters. The fourth-order valence-electron chi connectivity index (χ4n) is 0. The maximum absolute atomic E-state index is 9.10. The maximum atomic E-state index is 9.10. The Morgan fingerprint density at radius 1 is 0.219 bits per heavy atom. The molecular formula is C10H10O20Ta2. The molecule has 32 heavy (non-hydrogen) atoms. The van der Waals surface area contributed by atoms with Gasteiger partial charge in [-0.05, 0) is 0 Å². The SMILES string of the molecule is O=C(O)C(=O)O.O=C(O)C(=O)O.O=C(O)C(=O)O.O=C(O)C(=O)O.O=C(O)C(=O)O.[Ta].[Ta]. The van der Waals surface area contributed by atoms with E-state index in [4.69, 9.17) is 99.0 Å². The number of carboxylic acid groups (broad SMARTS) is 10. The molecule has 2 radical (unpaired) electrons. The van der Waals surface area contributed by atoms with Crippen LogP contribution in [0, 0.1) is 0 Å². The van der Waals surface area contributed by atoms with E-state index in [-0.39, 0.29) is 44.8 Å². The van der Waals surface area contributed by atoms with Crippen molar-refractivity contribution in [1.29, 1.82) is 0 Å². The van der Waals surface area contributed by atoms with Crippen LogP contribution in [0.1, 0.15) is 0 Å². The number of hydrogen-bond acceptors (Lipinski definition) is 10. The van der Waals surface area contributed by atoms with Crippen LogP contribution in [0.5, 0.6) is 0 Å². The second-order valence-corrected chi connectivity index (χ2v) is 3.05. The van der Waals surface area contributed by atoms with Crippen LogP contribution >= 0.6 is 0 Å². The van der Waals surface area contributed by atoms with E-state index in [1.807, 2.05) is 0 Å². The molecule has 0 rings (SSSR count). The largest absolute Gasteiger partial charge is 0.473 e. The molecular weight excluding hydrogens is 802 g/mol. The summed E-state index contributed by atoms with van der Waals surface area (Å²) in [5.41, 5.74) is 0. The van der Waals surface area contributed by atoms with Crippen molar-refractivity contribution in [3.05, 3.63) is 0 Å². The van der Waals surface area contributed by atoms with Gasteiger partial charge in [0, 0.05) is 44.8 Å². The van der Waals surface area contributed by atoms with E-state index in [0.29, 0.717) is 0 Å². The summed E-state index contributed by atoms with van der Waals surface area (Å²) in [7, 11) is 0. The first-order valence-corrected chi connectivity index (χ1v) is 5.53. The smallest absolute Gasteiger partial charge is 0.414 e. The van der Waals surface area contributed by atoms with E-state index in [1.165, 1.54) is 0 Å². The molecule has 180 valence electrons. The average Bonchev–Trinajstić information content (AvgIpc) is 2.56. The van der Waals surface area contributed by atoms with Crippen molar-refractivity contribution >= 4 is 59.7 Å². The van der Waals surface area contributed by atoms with Gasteiger partial charge in [-0.3, -0.25) is 0 Å². The molecule has 22 heteroatoms. The van der Waals surface area contributed by atoms with Crippen LogP contribution in [-0.2, 0) is 92.7 Å². The molecule has 0 aromatic carbocycles. The number of carbonyl (C=O) groups is 10. The van der Waals surface area contributed by atoms with Gasteiger partial charge in [0.15, 0.2) is 0 Å². The number of carboxylic acids is 10. The van der Waals surface area contributed by atoms with E-state index < -0.39 is 59.7 Å². The molecule has 0 aromatic heterocycles. The molecule has 0 unspecified atom stereocenters. The van der Waals surface area contributed by atoms with Crippen LogP contribution in [0.2, 0.25) is 0 Å². The van der Waals surface area contributed by atoms with E-state index in [1.54, 1.807) is 0 Å². The van der Waals surface area contributed by atoms with Crippen molar-refractivity contribution in [2.24, 2.45) is 0 Å². The van der Waals surface area contributed by atoms with Crippen molar-refractivity contribution < 1.29 is 144 Å². The molecule has 0 aromatic rings. The predicted molar refractivity (Wildman–Crippen MR) is 76.4 cm³/mol. The summed E-state index contributed by atoms with van der Waals surface area (Å²) in [6.07, 6.45) is 0. The Kier molecular flexibility index (Phi) is 39.4. The molecule has 20 nitrogen and oxygen atoms in total. The van der Waals surface area contributed by atoms with Crippen LogP contribution in [0.25, 0.3) is 0 Å². The fraction of sp³-hybridized carbons (Fsp3) is 0. The topological polar surface area (TPSA) is 373 Å². The standard InChI is InChI=1S/5C2H2O4.2Ta/c5*3-1(4)2(5)6;;/h5*(H,3,4)(H,5,6);;. The molecule has 0 heterocycles. The third-order valence-corrected chi connectivity index (χ3v) is 0.915. The van der Waals surface area contributed by atoms with Gasteiger partial charge in [0.05, 0.1) is 0 Å². The average molecular weight is 812 g/mol. The van der Waals surface area contributed by atoms with Gasteiger partial charge in [0.25, 0.3) is 0 Å². The van der Waals surface area contributed by atoms with Crippen LogP contribution in [0.15, 0.2) is 0 Å². The second-order valence-electron chi connectivity index (χ2n) is 3.05. The molecule has 0 saturated carbocycles. The summed E-state index contributed by atoms with van der Waals surface area (Å²) in [4.78, 5) is 91.0. The van der Waals surface area contributed by atoms with Crippen LogP contribution in [0.3, 0.4) is 0 Å². The Labute approximate surface area is 203 Å². The Morgan fingerprint density at radius 3 is 0.250 bits per heavy atom. The first-order chi connectivity index (χ1) is 13.2. The van der Waals surface area contributed by atoms with E-state index in [2.05, 4.69) is 0 Å². The van der Waals surface area contributed by atoms with Gasteiger partial charge < -0.3 is 51.1 Å². The molecule has 0 fully saturated rings. The number of rotatable bonds is 0. The zero-order valence-corrected chi connectivity index (χ0v) is 20.9. The molecule has 0 aliphatic rings. The predicted octanol–water partition coefficient (Wildman–Crippen LogP) is -4.23. The second kappa shape index (κ2) is 27.2. The zero-order chi connectivity index (χ0) is 25.8. The summed E-state index contributed by atoms with van der Waals surface area (Å²) < 4.78 is 0. The van der Waals surface area contributed by atoms with Crippen molar-refractivity contribution in [2.45, 2.75) is 0 Å². The number of hydrogen-bond donors (Lipinski definition) is 10. The maximum Gasteiger partial charge on any atom is 0.414 e. The van der Waals surface area contributed by atoms with Gasteiger partial charge in [-0.1, -0.05) is 0 Å². The van der Waals surface area contributed by atoms with Crippen molar-refractivity contribution in [3.8, 4) is 0 Å². The molecule has 0 aliphatic carbocycles. The van der Waals surface area contributed by atoms with Gasteiger partial charge in [-0.2, -0.15) is 0 Å². The van der Waals surface area contributed by atoms with E-state index in [9.17, 15) is 0 Å². The summed E-state index contributed by atoms with van der Waals surface area (Å²) in [6.45, 7) is 0. The van der Waals surface area contributed by atoms with Crippen molar-refractivity contribution in [1.82, 2.24) is 0 Å². The van der Waals surface area contributed by atoms with Crippen LogP contribution in [-0.4, -0.2) is 111 Å². The molecule has 10 N–H and O–H groups in total. The molecule has 0 spiro atoms. The molecule has 0 amide bonds. The van der Waals surface area contributed by atoms with Crippen LogP contribution in [0.4, 0.5) is 0 Å². The van der Waals surface area contributed by atoms with E-state index in [0.717, 1.165) is 0 Å². The summed E-state index contributed by atoms with van der Waals surface area (Å²) in [5, 5.41) is 73.9. The van der Waals surface area contributed by atoms with Gasteiger partial charge >= 0.3 is 59.7 Å². The first-order valence-electron chi connectivity index (χ1n) is 5.53. The molecule has 0 bridgehead atoms. The normalized spacial score (nSPS) is 6.88. The van der Waals surface area contributed by atoms with Crippen molar-refractivity contribution in [3.63, 3.8) is 0 Å². The van der Waals surface area contributed by atoms with Crippen LogP contribution < -0.4 is 0 Å². The van der Waals surface area contributed by atoms with Gasteiger partial charge in [0.1, 0.15) is 0 Å². The Morgan fingerprint density at radius 2 is 0.250 bits per heavy atom. The third-order valence-electron chi connectivity index (χ3n) is 0.915. The van der Waals surface area contributed by atoms with Gasteiger partial charge in [-0.15, -0.1) is 0 Å². The Balaban J connectivity index is -0.0000000481. The Bertz CT molecular complexity index is 508. The van der Waals surface area contributed by atoms with Gasteiger partial charge in [-0.25, -0.2) is 47.9 Å². The molecule has 0 aliphatic heterocycles. The zero-order valence-electron chi connectivity index (χ0n) is 14.4. The summed E-state index contributed by atoms with van der Waals surface area (Å²) in [5.74, 6) is -18.2. The quantitative estimate of drug-likeness (QED) is 0.104. The minimum Gasteiger partial charge on any atom is -0.473 e. The minimum atomic E-state index is -1.82. The first kappa shape index (κ1) is 46.4. The summed E-state index contributed by atoms with van der Waals surface area (Å²) in [6, 6.07) is 0. The van der Waals surface area contributed by atoms with Crippen molar-refractivity contribution in [2.75, 3.05) is 0 Å².